The number of fused-ring (bicyclic) bond motifs is 1. The van der Waals surface area contributed by atoms with Crippen molar-refractivity contribution in [3.63, 3.8) is 0 Å². The van der Waals surface area contributed by atoms with E-state index in [9.17, 15) is 5.11 Å². The second-order valence-corrected chi connectivity index (χ2v) is 3.03. The number of aliphatic hydroxyl groups is 1. The van der Waals surface area contributed by atoms with Crippen LogP contribution in [0.1, 0.15) is 19.3 Å². The highest BCUT2D eigenvalue weighted by Crippen LogP contribution is 2.35. The molecule has 0 aromatic rings. The lowest BCUT2D eigenvalue weighted by molar-refractivity contribution is 0.0861. The first-order chi connectivity index (χ1) is 4.38. The third kappa shape index (κ3) is 0.775. The van der Waals surface area contributed by atoms with Gasteiger partial charge in [-0.3, -0.25) is 0 Å². The Balaban J connectivity index is 2.07. The lowest BCUT2D eigenvalue weighted by Crippen LogP contribution is -2.18. The van der Waals surface area contributed by atoms with Crippen molar-refractivity contribution in [1.82, 2.24) is 0 Å². The molecule has 2 heteroatoms. The minimum atomic E-state index is -0.155. The van der Waals surface area contributed by atoms with Crippen LogP contribution in [0.15, 0.2) is 0 Å². The van der Waals surface area contributed by atoms with Crippen LogP contribution in [-0.4, -0.2) is 23.9 Å². The normalized spacial score (nSPS) is 49.7. The molecule has 2 aliphatic rings. The highest BCUT2D eigenvalue weighted by molar-refractivity contribution is 4.88. The molecule has 1 saturated carbocycles. The highest BCUT2D eigenvalue weighted by Gasteiger charge is 2.38. The zero-order chi connectivity index (χ0) is 6.27. The molecular formula is C7H12O2. The Morgan fingerprint density at radius 1 is 1.33 bits per heavy atom. The average molecular weight is 128 g/mol. The number of hydrogen-bond donors (Lipinski definition) is 1. The maximum Gasteiger partial charge on any atom is 0.0826 e. The van der Waals surface area contributed by atoms with Crippen LogP contribution in [0.5, 0.6) is 0 Å². The summed E-state index contributed by atoms with van der Waals surface area (Å²) in [5.41, 5.74) is 0. The van der Waals surface area contributed by atoms with Crippen molar-refractivity contribution in [2.24, 2.45) is 5.92 Å². The fourth-order valence-electron chi connectivity index (χ4n) is 1.95. The van der Waals surface area contributed by atoms with E-state index >= 15 is 0 Å². The topological polar surface area (TPSA) is 29.5 Å². The summed E-state index contributed by atoms with van der Waals surface area (Å²) in [5.74, 6) is 0.477. The van der Waals surface area contributed by atoms with Gasteiger partial charge < -0.3 is 9.84 Å². The first-order valence-corrected chi connectivity index (χ1v) is 3.67. The average Bonchev–Trinajstić information content (AvgIpc) is 2.35. The molecule has 1 saturated heterocycles. The summed E-state index contributed by atoms with van der Waals surface area (Å²) in [5, 5.41) is 9.27. The highest BCUT2D eigenvalue weighted by atomic mass is 16.5. The number of ether oxygens (including phenoxy) is 1. The van der Waals surface area contributed by atoms with E-state index in [-0.39, 0.29) is 6.10 Å². The Kier molecular flexibility index (Phi) is 1.24. The fraction of sp³-hybridized carbons (Fsp3) is 1.00. The van der Waals surface area contributed by atoms with Gasteiger partial charge in [-0.25, -0.2) is 0 Å². The second kappa shape index (κ2) is 1.96. The maximum atomic E-state index is 9.27. The molecular weight excluding hydrogens is 116 g/mol. The second-order valence-electron chi connectivity index (χ2n) is 3.03. The lowest BCUT2D eigenvalue weighted by atomic mass is 10.0. The van der Waals surface area contributed by atoms with E-state index in [1.807, 2.05) is 0 Å². The van der Waals surface area contributed by atoms with E-state index in [0.717, 1.165) is 0 Å². The molecule has 0 amide bonds. The van der Waals surface area contributed by atoms with Crippen LogP contribution in [0.3, 0.4) is 0 Å². The maximum absolute atomic E-state index is 9.27. The molecule has 1 unspecified atom stereocenters. The van der Waals surface area contributed by atoms with Gasteiger partial charge in [-0.05, 0) is 12.8 Å². The van der Waals surface area contributed by atoms with Gasteiger partial charge in [0.15, 0.2) is 0 Å². The van der Waals surface area contributed by atoms with Crippen LogP contribution in [-0.2, 0) is 4.74 Å². The molecule has 52 valence electrons. The Labute approximate surface area is 54.8 Å². The predicted molar refractivity (Wildman–Crippen MR) is 33.1 cm³/mol. The van der Waals surface area contributed by atoms with Gasteiger partial charge in [0.2, 0.25) is 0 Å². The van der Waals surface area contributed by atoms with E-state index in [1.165, 1.54) is 19.3 Å². The van der Waals surface area contributed by atoms with Crippen molar-refractivity contribution in [1.29, 1.82) is 0 Å². The van der Waals surface area contributed by atoms with Gasteiger partial charge in [-0.2, -0.15) is 0 Å². The van der Waals surface area contributed by atoms with E-state index < -0.39 is 0 Å². The SMILES string of the molecule is O[C@@H]1CO[C@@H]2CCCC12. The molecule has 9 heavy (non-hydrogen) atoms. The van der Waals surface area contributed by atoms with Crippen molar-refractivity contribution in [2.75, 3.05) is 6.61 Å². The Hall–Kier alpha value is -0.0800. The van der Waals surface area contributed by atoms with Gasteiger partial charge in [0.25, 0.3) is 0 Å². The van der Waals surface area contributed by atoms with Crippen LogP contribution >= 0.6 is 0 Å². The quantitative estimate of drug-likeness (QED) is 0.516. The number of hydrogen-bond acceptors (Lipinski definition) is 2. The molecule has 0 aromatic heterocycles. The molecule has 0 bridgehead atoms. The molecule has 2 fully saturated rings. The molecule has 1 heterocycles. The predicted octanol–water partition coefficient (Wildman–Crippen LogP) is 0.546. The van der Waals surface area contributed by atoms with E-state index in [4.69, 9.17) is 4.74 Å². The van der Waals surface area contributed by atoms with Gasteiger partial charge in [0.1, 0.15) is 0 Å². The molecule has 1 aliphatic heterocycles. The number of aliphatic hydroxyl groups excluding tert-OH is 1. The van der Waals surface area contributed by atoms with Gasteiger partial charge in [-0.15, -0.1) is 0 Å². The molecule has 2 nitrogen and oxygen atoms in total. The molecule has 3 atom stereocenters. The molecule has 2 rings (SSSR count). The summed E-state index contributed by atoms with van der Waals surface area (Å²) >= 11 is 0. The van der Waals surface area contributed by atoms with Crippen LogP contribution in [0.2, 0.25) is 0 Å². The minimum Gasteiger partial charge on any atom is -0.390 e. The standard InChI is InChI=1S/C7H12O2/c8-6-4-9-7-3-1-2-5(6)7/h5-8H,1-4H2/t5?,6-,7-/m1/s1. The van der Waals surface area contributed by atoms with Gasteiger partial charge in [0, 0.05) is 5.92 Å². The van der Waals surface area contributed by atoms with Crippen LogP contribution in [0.4, 0.5) is 0 Å². The van der Waals surface area contributed by atoms with Crippen molar-refractivity contribution in [3.8, 4) is 0 Å². The summed E-state index contributed by atoms with van der Waals surface area (Å²) in [4.78, 5) is 0. The van der Waals surface area contributed by atoms with Gasteiger partial charge in [-0.1, -0.05) is 6.42 Å². The molecule has 1 aliphatic carbocycles. The summed E-state index contributed by atoms with van der Waals surface area (Å²) < 4.78 is 5.34. The van der Waals surface area contributed by atoms with E-state index in [2.05, 4.69) is 0 Å². The van der Waals surface area contributed by atoms with Crippen molar-refractivity contribution in [2.45, 2.75) is 31.5 Å². The zero-order valence-corrected chi connectivity index (χ0v) is 5.42. The fourth-order valence-corrected chi connectivity index (χ4v) is 1.95. The minimum absolute atomic E-state index is 0.155. The zero-order valence-electron chi connectivity index (χ0n) is 5.42. The summed E-state index contributed by atoms with van der Waals surface area (Å²) in [6.45, 7) is 0.579. The van der Waals surface area contributed by atoms with Crippen LogP contribution in [0, 0.1) is 5.92 Å². The number of rotatable bonds is 0. The summed E-state index contributed by atoms with van der Waals surface area (Å²) in [7, 11) is 0. The smallest absolute Gasteiger partial charge is 0.0826 e. The Morgan fingerprint density at radius 2 is 2.22 bits per heavy atom. The Bertz CT molecular complexity index is 113. The molecule has 0 radical (unpaired) electrons. The van der Waals surface area contributed by atoms with Gasteiger partial charge in [0.05, 0.1) is 18.8 Å². The lowest BCUT2D eigenvalue weighted by Gasteiger charge is -2.08. The van der Waals surface area contributed by atoms with E-state index in [0.29, 0.717) is 18.6 Å². The third-order valence-electron chi connectivity index (χ3n) is 2.48. The third-order valence-corrected chi connectivity index (χ3v) is 2.48. The first kappa shape index (κ1) is 5.69. The van der Waals surface area contributed by atoms with Crippen molar-refractivity contribution < 1.29 is 9.84 Å². The largest absolute Gasteiger partial charge is 0.390 e. The van der Waals surface area contributed by atoms with Crippen molar-refractivity contribution >= 4 is 0 Å². The monoisotopic (exact) mass is 128 g/mol. The molecule has 0 spiro atoms. The summed E-state index contributed by atoms with van der Waals surface area (Å²) in [6, 6.07) is 0. The van der Waals surface area contributed by atoms with Gasteiger partial charge >= 0.3 is 0 Å². The Morgan fingerprint density at radius 3 is 3.00 bits per heavy atom. The summed E-state index contributed by atoms with van der Waals surface area (Å²) in [6.07, 6.45) is 3.83. The van der Waals surface area contributed by atoms with Crippen LogP contribution < -0.4 is 0 Å². The van der Waals surface area contributed by atoms with E-state index in [1.54, 1.807) is 0 Å². The molecule has 1 N–H and O–H groups in total. The first-order valence-electron chi connectivity index (χ1n) is 3.67. The van der Waals surface area contributed by atoms with Crippen LogP contribution in [0.25, 0.3) is 0 Å². The molecule has 0 aromatic carbocycles. The van der Waals surface area contributed by atoms with Crippen molar-refractivity contribution in [3.05, 3.63) is 0 Å².